The zero-order valence-electron chi connectivity index (χ0n) is 24.1. The molecule has 3 heterocycles. The molecule has 0 spiro atoms. The number of imide groups is 1. The number of H-pyrrole nitrogens is 1. The number of aromatic amines is 1. The molecule has 1 saturated heterocycles. The van der Waals surface area contributed by atoms with Gasteiger partial charge in [0.1, 0.15) is 11.0 Å². The van der Waals surface area contributed by atoms with Gasteiger partial charge in [-0.3, -0.25) is 19.2 Å². The first kappa shape index (κ1) is 29.5. The van der Waals surface area contributed by atoms with Gasteiger partial charge in [0, 0.05) is 16.5 Å². The molecule has 12 heteroatoms. The topological polar surface area (TPSA) is 127 Å². The summed E-state index contributed by atoms with van der Waals surface area (Å²) >= 11 is 2.27. The van der Waals surface area contributed by atoms with E-state index < -0.39 is 17.1 Å². The highest BCUT2D eigenvalue weighted by molar-refractivity contribution is 8.00. The lowest BCUT2D eigenvalue weighted by Crippen LogP contribution is -2.32. The molecule has 0 bridgehead atoms. The number of aryl methyl sites for hydroxylation is 1. The van der Waals surface area contributed by atoms with Gasteiger partial charge in [-0.1, -0.05) is 46.9 Å². The molecule has 1 aromatic heterocycles. The number of nitrogens with zero attached hydrogens (tertiary/aromatic N) is 1. The van der Waals surface area contributed by atoms with Crippen molar-refractivity contribution in [2.75, 3.05) is 30.5 Å². The Labute approximate surface area is 261 Å². The minimum atomic E-state index is -0.732. The maximum Gasteiger partial charge on any atom is 0.305 e. The van der Waals surface area contributed by atoms with Crippen LogP contribution in [0.3, 0.4) is 0 Å². The molecule has 2 N–H and O–H groups in total. The Morgan fingerprint density at radius 3 is 2.41 bits per heavy atom. The zero-order valence-corrected chi connectivity index (χ0v) is 25.8. The van der Waals surface area contributed by atoms with Gasteiger partial charge in [0.15, 0.2) is 18.1 Å². The van der Waals surface area contributed by atoms with Crippen LogP contribution in [0.5, 0.6) is 17.2 Å². The van der Waals surface area contributed by atoms with Crippen LogP contribution in [0.1, 0.15) is 28.8 Å². The molecule has 10 nitrogen and oxygen atoms in total. The number of hydrogen-bond acceptors (Lipinski definition) is 9. The first-order valence-electron chi connectivity index (χ1n) is 13.9. The van der Waals surface area contributed by atoms with E-state index in [-0.39, 0.29) is 29.2 Å². The second-order valence-corrected chi connectivity index (χ2v) is 12.5. The third-order valence-electron chi connectivity index (χ3n) is 7.48. The molecule has 6 rings (SSSR count). The molecule has 2 aliphatic heterocycles. The molecule has 44 heavy (non-hydrogen) atoms. The fourth-order valence-corrected chi connectivity index (χ4v) is 7.96. The summed E-state index contributed by atoms with van der Waals surface area (Å²) in [4.78, 5) is 57.3. The molecule has 1 fully saturated rings. The van der Waals surface area contributed by atoms with Crippen molar-refractivity contribution < 1.29 is 28.6 Å². The number of methoxy groups -OCH3 is 1. The molecule has 3 aromatic carbocycles. The Hall–Kier alpha value is -4.55. The molecule has 0 saturated carbocycles. The number of benzene rings is 3. The molecule has 3 atom stereocenters. The third-order valence-corrected chi connectivity index (χ3v) is 9.88. The fourth-order valence-electron chi connectivity index (χ4n) is 5.44. The second kappa shape index (κ2) is 12.2. The Morgan fingerprint density at radius 2 is 1.70 bits per heavy atom. The summed E-state index contributed by atoms with van der Waals surface area (Å²) in [6.07, 6.45) is 0. The molecular formula is C32H29N3O7S2. The van der Waals surface area contributed by atoms with Crippen molar-refractivity contribution in [1.29, 1.82) is 0 Å². The van der Waals surface area contributed by atoms with Crippen LogP contribution in [-0.2, 0) is 14.4 Å². The van der Waals surface area contributed by atoms with Crippen LogP contribution in [0.25, 0.3) is 0 Å². The monoisotopic (exact) mass is 631 g/mol. The van der Waals surface area contributed by atoms with E-state index >= 15 is 0 Å². The largest absolute Gasteiger partial charge is 0.497 e. The first-order chi connectivity index (χ1) is 21.3. The Balaban J connectivity index is 1.29. The molecule has 2 aliphatic rings. The molecule has 3 amide bonds. The Kier molecular flexibility index (Phi) is 8.19. The number of anilines is 2. The number of hydrogen-bond donors (Lipinski definition) is 2. The first-order valence-corrected chi connectivity index (χ1v) is 15.6. The third kappa shape index (κ3) is 5.58. The van der Waals surface area contributed by atoms with E-state index in [1.807, 2.05) is 26.0 Å². The standard InChI is InChI=1S/C32H29N3O7S2/c1-4-41-23-15-18(7-14-22(23)42-16-24(36)33-19-8-12-21(40-3)13-9-19)25-26-28(43-29-27(25)44-32(39)34-29)31(38)35(30(26)37)20-10-5-17(2)6-11-20/h5-15,25-26,28H,4,16H2,1-3H3,(H,33,36)(H,34,39)/t25-,26?,28?/m1/s1. The lowest BCUT2D eigenvalue weighted by molar-refractivity contribution is -0.122. The predicted molar refractivity (Wildman–Crippen MR) is 168 cm³/mol. The minimum Gasteiger partial charge on any atom is -0.497 e. The van der Waals surface area contributed by atoms with Crippen molar-refractivity contribution in [3.8, 4) is 17.2 Å². The van der Waals surface area contributed by atoms with Gasteiger partial charge in [0.25, 0.3) is 5.91 Å². The summed E-state index contributed by atoms with van der Waals surface area (Å²) in [6.45, 7) is 3.83. The van der Waals surface area contributed by atoms with E-state index in [2.05, 4.69) is 10.3 Å². The SMILES string of the molecule is CCOc1cc([C@H]2c3sc(=O)[nH]c3SC3C(=O)N(c4ccc(C)cc4)C(=O)C32)ccc1OCC(=O)Nc1ccc(OC)cc1. The van der Waals surface area contributed by atoms with Crippen molar-refractivity contribution in [1.82, 2.24) is 4.98 Å². The summed E-state index contributed by atoms with van der Waals surface area (Å²) in [6, 6.07) is 19.4. The summed E-state index contributed by atoms with van der Waals surface area (Å²) in [5, 5.41) is 2.66. The van der Waals surface area contributed by atoms with E-state index in [9.17, 15) is 19.2 Å². The summed E-state index contributed by atoms with van der Waals surface area (Å²) < 4.78 is 16.9. The van der Waals surface area contributed by atoms with Gasteiger partial charge in [-0.25, -0.2) is 4.90 Å². The van der Waals surface area contributed by atoms with E-state index in [0.29, 0.717) is 50.7 Å². The number of thiazole rings is 1. The number of ether oxygens (including phenoxy) is 3. The molecule has 0 radical (unpaired) electrons. The van der Waals surface area contributed by atoms with E-state index in [1.54, 1.807) is 61.7 Å². The van der Waals surface area contributed by atoms with Gasteiger partial charge in [0.2, 0.25) is 11.8 Å². The zero-order chi connectivity index (χ0) is 31.0. The highest BCUT2D eigenvalue weighted by Crippen LogP contribution is 2.53. The lowest BCUT2D eigenvalue weighted by atomic mass is 9.83. The van der Waals surface area contributed by atoms with E-state index in [1.165, 1.54) is 16.7 Å². The van der Waals surface area contributed by atoms with Crippen molar-refractivity contribution in [3.63, 3.8) is 0 Å². The van der Waals surface area contributed by atoms with E-state index in [0.717, 1.165) is 16.9 Å². The fraction of sp³-hybridized carbons (Fsp3) is 0.250. The van der Waals surface area contributed by atoms with Gasteiger partial charge in [-0.15, -0.1) is 0 Å². The van der Waals surface area contributed by atoms with Crippen LogP contribution < -0.4 is 29.3 Å². The number of rotatable bonds is 9. The number of fused-ring (bicyclic) bond motifs is 2. The number of nitrogens with one attached hydrogen (secondary N) is 2. The van der Waals surface area contributed by atoms with Crippen LogP contribution in [0.15, 0.2) is 76.6 Å². The number of carbonyl (C=O) groups excluding carboxylic acids is 3. The van der Waals surface area contributed by atoms with Crippen LogP contribution >= 0.6 is 23.1 Å². The maximum atomic E-state index is 14.0. The molecule has 2 unspecified atom stereocenters. The Bertz CT molecular complexity index is 1780. The molecular weight excluding hydrogens is 603 g/mol. The van der Waals surface area contributed by atoms with E-state index in [4.69, 9.17) is 14.2 Å². The van der Waals surface area contributed by atoms with Gasteiger partial charge in [0.05, 0.1) is 30.3 Å². The highest BCUT2D eigenvalue weighted by Gasteiger charge is 2.56. The molecule has 4 aromatic rings. The lowest BCUT2D eigenvalue weighted by Gasteiger charge is -2.30. The Morgan fingerprint density at radius 1 is 0.955 bits per heavy atom. The van der Waals surface area contributed by atoms with Gasteiger partial charge in [-0.2, -0.15) is 0 Å². The number of amides is 3. The number of thioether (sulfide) groups is 1. The van der Waals surface area contributed by atoms with Crippen molar-refractivity contribution >= 4 is 52.2 Å². The highest BCUT2D eigenvalue weighted by atomic mass is 32.2. The average molecular weight is 632 g/mol. The summed E-state index contributed by atoms with van der Waals surface area (Å²) in [7, 11) is 1.57. The van der Waals surface area contributed by atoms with Gasteiger partial charge in [-0.05, 0) is 67.9 Å². The average Bonchev–Trinajstić information content (AvgIpc) is 3.51. The normalized spacial score (nSPS) is 18.9. The number of aromatic nitrogens is 1. The quantitative estimate of drug-likeness (QED) is 0.248. The van der Waals surface area contributed by atoms with Crippen molar-refractivity contribution in [2.45, 2.75) is 30.0 Å². The van der Waals surface area contributed by atoms with Crippen molar-refractivity contribution in [2.24, 2.45) is 5.92 Å². The second-order valence-electron chi connectivity index (χ2n) is 10.3. The summed E-state index contributed by atoms with van der Waals surface area (Å²) in [5.41, 5.74) is 2.83. The minimum absolute atomic E-state index is 0.254. The van der Waals surface area contributed by atoms with Gasteiger partial charge < -0.3 is 24.5 Å². The molecule has 0 aliphatic carbocycles. The smallest absolute Gasteiger partial charge is 0.305 e. The molecule has 226 valence electrons. The van der Waals surface area contributed by atoms with Crippen LogP contribution in [-0.4, -0.2) is 48.3 Å². The van der Waals surface area contributed by atoms with Crippen LogP contribution in [0.2, 0.25) is 0 Å². The predicted octanol–water partition coefficient (Wildman–Crippen LogP) is 4.97. The van der Waals surface area contributed by atoms with Crippen molar-refractivity contribution in [3.05, 3.63) is 92.4 Å². The van der Waals surface area contributed by atoms with Crippen LogP contribution in [0, 0.1) is 12.8 Å². The van der Waals surface area contributed by atoms with Crippen LogP contribution in [0.4, 0.5) is 11.4 Å². The maximum absolute atomic E-state index is 14.0. The van der Waals surface area contributed by atoms with Gasteiger partial charge >= 0.3 is 4.87 Å². The number of carbonyl (C=O) groups is 3. The summed E-state index contributed by atoms with van der Waals surface area (Å²) in [5.74, 6) is -0.891.